The van der Waals surface area contributed by atoms with Crippen molar-refractivity contribution < 1.29 is 9.59 Å². The molecule has 0 radical (unpaired) electrons. The highest BCUT2D eigenvalue weighted by molar-refractivity contribution is 5.79. The molecule has 0 spiro atoms. The number of carbonyl (C=O) groups excluding carboxylic acids is 2. The van der Waals surface area contributed by atoms with Crippen LogP contribution < -0.4 is 0 Å². The van der Waals surface area contributed by atoms with Gasteiger partial charge in [0.15, 0.2) is 0 Å². The van der Waals surface area contributed by atoms with E-state index in [0.717, 1.165) is 6.54 Å². The van der Waals surface area contributed by atoms with Crippen LogP contribution in [-0.2, 0) is 4.79 Å². The highest BCUT2D eigenvalue weighted by Gasteiger charge is 2.25. The number of hydrogen-bond donors (Lipinski definition) is 0. The first-order valence-corrected chi connectivity index (χ1v) is 5.67. The fraction of sp³-hybridized carbons (Fsp3) is 0.727. The zero-order chi connectivity index (χ0) is 12.8. The van der Waals surface area contributed by atoms with E-state index in [0.29, 0.717) is 32.5 Å². The predicted molar refractivity (Wildman–Crippen MR) is 62.1 cm³/mol. The average molecular weight is 238 g/mol. The summed E-state index contributed by atoms with van der Waals surface area (Å²) in [4.78, 5) is 28.1. The molecular formula is C11H18N4O2. The molecule has 1 saturated heterocycles. The van der Waals surface area contributed by atoms with Gasteiger partial charge in [-0.15, -0.1) is 0 Å². The van der Waals surface area contributed by atoms with E-state index in [9.17, 15) is 9.59 Å². The minimum Gasteiger partial charge on any atom is -0.345 e. The zero-order valence-corrected chi connectivity index (χ0v) is 10.3. The largest absolute Gasteiger partial charge is 0.345 e. The predicted octanol–water partition coefficient (Wildman–Crippen LogP) is 0.116. The van der Waals surface area contributed by atoms with Crippen molar-refractivity contribution in [3.63, 3.8) is 0 Å². The maximum atomic E-state index is 11.7. The summed E-state index contributed by atoms with van der Waals surface area (Å²) < 4.78 is 0. The molecule has 0 atom stereocenters. The van der Waals surface area contributed by atoms with Gasteiger partial charge in [-0.1, -0.05) is 0 Å². The molecule has 94 valence electrons. The van der Waals surface area contributed by atoms with E-state index < -0.39 is 0 Å². The van der Waals surface area contributed by atoms with Crippen LogP contribution in [0.4, 0.5) is 4.79 Å². The molecule has 17 heavy (non-hydrogen) atoms. The molecule has 1 fully saturated rings. The second-order valence-corrected chi connectivity index (χ2v) is 4.16. The number of nitrogens with zero attached hydrogens (tertiary/aromatic N) is 4. The summed E-state index contributed by atoms with van der Waals surface area (Å²) in [5.74, 6) is -0.0254. The lowest BCUT2D eigenvalue weighted by atomic mass is 10.3. The first-order valence-electron chi connectivity index (χ1n) is 5.67. The van der Waals surface area contributed by atoms with E-state index in [1.165, 1.54) is 4.90 Å². The van der Waals surface area contributed by atoms with Crippen molar-refractivity contribution in [2.45, 2.75) is 12.8 Å². The monoisotopic (exact) mass is 238 g/mol. The Morgan fingerprint density at radius 1 is 1.53 bits per heavy atom. The van der Waals surface area contributed by atoms with E-state index in [1.807, 2.05) is 6.07 Å². The van der Waals surface area contributed by atoms with Crippen molar-refractivity contribution in [2.75, 3.05) is 40.3 Å². The van der Waals surface area contributed by atoms with Gasteiger partial charge in [0.25, 0.3) is 0 Å². The Morgan fingerprint density at radius 2 is 2.24 bits per heavy atom. The van der Waals surface area contributed by atoms with Gasteiger partial charge in [-0.3, -0.25) is 4.79 Å². The van der Waals surface area contributed by atoms with Crippen molar-refractivity contribution in [3.05, 3.63) is 0 Å². The third-order valence-corrected chi connectivity index (χ3v) is 2.88. The van der Waals surface area contributed by atoms with Crippen molar-refractivity contribution in [1.82, 2.24) is 14.7 Å². The summed E-state index contributed by atoms with van der Waals surface area (Å²) in [5.41, 5.74) is 0. The van der Waals surface area contributed by atoms with Crippen molar-refractivity contribution in [2.24, 2.45) is 0 Å². The summed E-state index contributed by atoms with van der Waals surface area (Å²) in [6, 6.07) is 1.98. The number of amides is 3. The Hall–Kier alpha value is -1.77. The van der Waals surface area contributed by atoms with E-state index >= 15 is 0 Å². The Kier molecular flexibility index (Phi) is 4.76. The molecule has 0 aromatic rings. The van der Waals surface area contributed by atoms with Crippen molar-refractivity contribution in [1.29, 1.82) is 5.26 Å². The Balaban J connectivity index is 2.29. The van der Waals surface area contributed by atoms with E-state index in [-0.39, 0.29) is 11.9 Å². The molecule has 1 rings (SSSR count). The second-order valence-electron chi connectivity index (χ2n) is 4.16. The second kappa shape index (κ2) is 6.09. The number of carbonyl (C=O) groups is 2. The van der Waals surface area contributed by atoms with Gasteiger partial charge in [0.2, 0.25) is 5.91 Å². The number of urea groups is 1. The Morgan fingerprint density at radius 3 is 2.76 bits per heavy atom. The molecule has 0 aromatic heterocycles. The van der Waals surface area contributed by atoms with Gasteiger partial charge in [0.1, 0.15) is 0 Å². The number of nitriles is 1. The van der Waals surface area contributed by atoms with Crippen LogP contribution in [0.3, 0.4) is 0 Å². The van der Waals surface area contributed by atoms with Crippen LogP contribution in [-0.4, -0.2) is 66.9 Å². The summed E-state index contributed by atoms with van der Waals surface area (Å²) in [6.45, 7) is 2.31. The fourth-order valence-corrected chi connectivity index (χ4v) is 1.67. The molecule has 0 aromatic carbocycles. The molecule has 6 nitrogen and oxygen atoms in total. The van der Waals surface area contributed by atoms with Crippen molar-refractivity contribution >= 4 is 11.9 Å². The van der Waals surface area contributed by atoms with Crippen LogP contribution >= 0.6 is 0 Å². The van der Waals surface area contributed by atoms with Crippen molar-refractivity contribution in [3.8, 4) is 6.07 Å². The van der Waals surface area contributed by atoms with Gasteiger partial charge < -0.3 is 14.7 Å². The van der Waals surface area contributed by atoms with Crippen LogP contribution in [0.5, 0.6) is 0 Å². The molecule has 0 bridgehead atoms. The SMILES string of the molecule is CN(CCC#N)C(=O)CCN1CCN(C)C1=O. The van der Waals surface area contributed by atoms with Crippen LogP contribution in [0.25, 0.3) is 0 Å². The van der Waals surface area contributed by atoms with E-state index in [2.05, 4.69) is 0 Å². The third-order valence-electron chi connectivity index (χ3n) is 2.88. The molecule has 0 saturated carbocycles. The van der Waals surface area contributed by atoms with Gasteiger partial charge in [-0.05, 0) is 0 Å². The highest BCUT2D eigenvalue weighted by atomic mass is 16.2. The quantitative estimate of drug-likeness (QED) is 0.683. The first-order chi connectivity index (χ1) is 8.06. The minimum atomic E-state index is -0.0254. The molecule has 0 aliphatic carbocycles. The maximum absolute atomic E-state index is 11.7. The molecule has 1 heterocycles. The molecule has 0 unspecified atom stereocenters. The first kappa shape index (κ1) is 13.3. The number of likely N-dealkylation sites (N-methyl/N-ethyl adjacent to an activating group) is 1. The average Bonchev–Trinajstić information content (AvgIpc) is 2.64. The molecular weight excluding hydrogens is 220 g/mol. The molecule has 6 heteroatoms. The lowest BCUT2D eigenvalue weighted by Gasteiger charge is -2.19. The van der Waals surface area contributed by atoms with Crippen LogP contribution in [0.1, 0.15) is 12.8 Å². The lowest BCUT2D eigenvalue weighted by Crippen LogP contribution is -2.34. The van der Waals surface area contributed by atoms with Crippen LogP contribution in [0, 0.1) is 11.3 Å². The fourth-order valence-electron chi connectivity index (χ4n) is 1.67. The zero-order valence-electron chi connectivity index (χ0n) is 10.3. The third kappa shape index (κ3) is 3.63. The van der Waals surface area contributed by atoms with Gasteiger partial charge in [-0.25, -0.2) is 4.79 Å². The standard InChI is InChI=1S/C11H18N4O2/c1-13(6-3-5-12)10(16)4-7-15-9-8-14(2)11(15)17/h3-4,6-9H2,1-2H3. The lowest BCUT2D eigenvalue weighted by molar-refractivity contribution is -0.130. The normalized spacial score (nSPS) is 15.0. The summed E-state index contributed by atoms with van der Waals surface area (Å²) in [5, 5.41) is 8.42. The topological polar surface area (TPSA) is 67.7 Å². The summed E-state index contributed by atoms with van der Waals surface area (Å²) in [7, 11) is 3.43. The maximum Gasteiger partial charge on any atom is 0.319 e. The Bertz CT molecular complexity index is 337. The van der Waals surface area contributed by atoms with Gasteiger partial charge in [-0.2, -0.15) is 5.26 Å². The summed E-state index contributed by atoms with van der Waals surface area (Å²) >= 11 is 0. The molecule has 1 aliphatic heterocycles. The van der Waals surface area contributed by atoms with Gasteiger partial charge in [0, 0.05) is 46.7 Å². The molecule has 0 N–H and O–H groups in total. The Labute approximate surface area is 101 Å². The number of hydrogen-bond acceptors (Lipinski definition) is 3. The van der Waals surface area contributed by atoms with Gasteiger partial charge in [0.05, 0.1) is 12.5 Å². The van der Waals surface area contributed by atoms with E-state index in [4.69, 9.17) is 5.26 Å². The molecule has 1 aliphatic rings. The smallest absolute Gasteiger partial charge is 0.319 e. The van der Waals surface area contributed by atoms with Gasteiger partial charge >= 0.3 is 6.03 Å². The van der Waals surface area contributed by atoms with Crippen LogP contribution in [0.2, 0.25) is 0 Å². The van der Waals surface area contributed by atoms with E-state index in [1.54, 1.807) is 23.9 Å². The minimum absolute atomic E-state index is 0.0162. The highest BCUT2D eigenvalue weighted by Crippen LogP contribution is 2.07. The molecule has 3 amide bonds. The summed E-state index contributed by atoms with van der Waals surface area (Å²) in [6.07, 6.45) is 0.662. The number of rotatable bonds is 5. The van der Waals surface area contributed by atoms with Crippen LogP contribution in [0.15, 0.2) is 0 Å².